The SMILES string of the molecule is COc1cc(C(=O)Nc2nc(Nc3ccc(Cl)cc3Cl)nn(C)c2=O)cc(OC)c1OC. The van der Waals surface area contributed by atoms with Crippen LogP contribution in [0.4, 0.5) is 17.5 Å². The zero-order valence-corrected chi connectivity index (χ0v) is 19.0. The van der Waals surface area contributed by atoms with Gasteiger partial charge in [0.25, 0.3) is 5.91 Å². The molecule has 0 aliphatic heterocycles. The zero-order chi connectivity index (χ0) is 23.4. The molecule has 2 N–H and O–H groups in total. The summed E-state index contributed by atoms with van der Waals surface area (Å²) in [7, 11) is 5.73. The average molecular weight is 480 g/mol. The smallest absolute Gasteiger partial charge is 0.309 e. The fourth-order valence-electron chi connectivity index (χ4n) is 2.75. The molecule has 12 heteroatoms. The minimum Gasteiger partial charge on any atom is -0.493 e. The van der Waals surface area contributed by atoms with E-state index >= 15 is 0 Å². The van der Waals surface area contributed by atoms with E-state index in [-0.39, 0.29) is 28.8 Å². The molecule has 1 aromatic heterocycles. The van der Waals surface area contributed by atoms with Crippen LogP contribution in [-0.4, -0.2) is 42.0 Å². The number of halogens is 2. The molecule has 0 aliphatic carbocycles. The van der Waals surface area contributed by atoms with Crippen molar-refractivity contribution < 1.29 is 19.0 Å². The highest BCUT2D eigenvalue weighted by molar-refractivity contribution is 6.36. The summed E-state index contributed by atoms with van der Waals surface area (Å²) < 4.78 is 16.8. The number of methoxy groups -OCH3 is 3. The first-order valence-corrected chi connectivity index (χ1v) is 9.81. The molecule has 10 nitrogen and oxygen atoms in total. The van der Waals surface area contributed by atoms with Gasteiger partial charge in [-0.15, -0.1) is 5.10 Å². The van der Waals surface area contributed by atoms with E-state index in [4.69, 9.17) is 37.4 Å². The second-order valence-electron chi connectivity index (χ2n) is 6.33. The summed E-state index contributed by atoms with van der Waals surface area (Å²) in [6.07, 6.45) is 0. The van der Waals surface area contributed by atoms with Crippen molar-refractivity contribution in [3.63, 3.8) is 0 Å². The highest BCUT2D eigenvalue weighted by Gasteiger charge is 2.19. The molecule has 32 heavy (non-hydrogen) atoms. The van der Waals surface area contributed by atoms with E-state index in [0.29, 0.717) is 21.5 Å². The summed E-state index contributed by atoms with van der Waals surface area (Å²) in [5, 5.41) is 10.2. The molecule has 168 valence electrons. The normalized spacial score (nSPS) is 10.4. The first kappa shape index (κ1) is 23.2. The first-order valence-electron chi connectivity index (χ1n) is 9.06. The number of ether oxygens (including phenoxy) is 3. The van der Waals surface area contributed by atoms with E-state index in [9.17, 15) is 9.59 Å². The predicted octanol–water partition coefficient (Wildman–Crippen LogP) is 3.50. The molecule has 3 rings (SSSR count). The molecular weight excluding hydrogens is 461 g/mol. The number of hydrogen-bond acceptors (Lipinski definition) is 8. The maximum atomic E-state index is 12.8. The van der Waals surface area contributed by atoms with Crippen LogP contribution in [-0.2, 0) is 7.05 Å². The molecule has 0 unspecified atom stereocenters. The largest absolute Gasteiger partial charge is 0.493 e. The second-order valence-corrected chi connectivity index (χ2v) is 7.17. The van der Waals surface area contributed by atoms with Gasteiger partial charge in [0.1, 0.15) is 0 Å². The van der Waals surface area contributed by atoms with Crippen LogP contribution >= 0.6 is 23.2 Å². The molecule has 0 atom stereocenters. The van der Waals surface area contributed by atoms with Crippen LogP contribution in [0.25, 0.3) is 0 Å². The Kier molecular flexibility index (Phi) is 7.06. The van der Waals surface area contributed by atoms with Gasteiger partial charge in [-0.2, -0.15) is 4.98 Å². The zero-order valence-electron chi connectivity index (χ0n) is 17.5. The van der Waals surface area contributed by atoms with Crippen LogP contribution in [0.3, 0.4) is 0 Å². The van der Waals surface area contributed by atoms with E-state index in [1.807, 2.05) is 0 Å². The van der Waals surface area contributed by atoms with Crippen molar-refractivity contribution in [1.29, 1.82) is 0 Å². The predicted molar refractivity (Wildman–Crippen MR) is 121 cm³/mol. The molecule has 3 aromatic rings. The fourth-order valence-corrected chi connectivity index (χ4v) is 3.21. The Morgan fingerprint density at radius 3 is 2.25 bits per heavy atom. The number of anilines is 3. The molecule has 1 heterocycles. The highest BCUT2D eigenvalue weighted by atomic mass is 35.5. The molecule has 0 saturated heterocycles. The molecule has 0 fully saturated rings. The Morgan fingerprint density at radius 1 is 1.03 bits per heavy atom. The second kappa shape index (κ2) is 9.75. The van der Waals surface area contributed by atoms with E-state index < -0.39 is 11.5 Å². The van der Waals surface area contributed by atoms with Gasteiger partial charge in [-0.05, 0) is 30.3 Å². The highest BCUT2D eigenvalue weighted by Crippen LogP contribution is 2.38. The maximum absolute atomic E-state index is 12.8. The van der Waals surface area contributed by atoms with Gasteiger partial charge in [0, 0.05) is 17.6 Å². The van der Waals surface area contributed by atoms with Crippen LogP contribution in [0.1, 0.15) is 10.4 Å². The molecule has 2 aromatic carbocycles. The summed E-state index contributed by atoms with van der Waals surface area (Å²) in [5.74, 6) is 0.0800. The monoisotopic (exact) mass is 479 g/mol. The Hall–Kier alpha value is -3.50. The van der Waals surface area contributed by atoms with Crippen LogP contribution in [0.2, 0.25) is 10.0 Å². The van der Waals surface area contributed by atoms with Gasteiger partial charge in [-0.3, -0.25) is 9.59 Å². The molecule has 0 spiro atoms. The summed E-state index contributed by atoms with van der Waals surface area (Å²) in [5.41, 5.74) is 0.0191. The van der Waals surface area contributed by atoms with E-state index in [0.717, 1.165) is 4.68 Å². The van der Waals surface area contributed by atoms with Crippen molar-refractivity contribution in [1.82, 2.24) is 14.8 Å². The van der Waals surface area contributed by atoms with Crippen molar-refractivity contribution in [2.24, 2.45) is 7.05 Å². The lowest BCUT2D eigenvalue weighted by atomic mass is 10.1. The Labute approximate surface area is 193 Å². The standard InChI is InChI=1S/C20H19Cl2N5O5/c1-27-19(29)17(25-20(26-27)23-13-6-5-11(21)9-12(13)22)24-18(28)10-7-14(30-2)16(32-4)15(8-10)31-3/h5-9H,1-4H3,(H2,23,24,25,26,28). The maximum Gasteiger partial charge on any atom is 0.309 e. The van der Waals surface area contributed by atoms with Crippen molar-refractivity contribution in [3.8, 4) is 17.2 Å². The van der Waals surface area contributed by atoms with E-state index in [1.54, 1.807) is 18.2 Å². The first-order chi connectivity index (χ1) is 15.3. The minimum absolute atomic E-state index is 0.0384. The lowest BCUT2D eigenvalue weighted by Gasteiger charge is -2.14. The third-order valence-corrected chi connectivity index (χ3v) is 4.84. The summed E-state index contributed by atoms with van der Waals surface area (Å²) in [4.78, 5) is 29.4. The quantitative estimate of drug-likeness (QED) is 0.528. The number of rotatable bonds is 7. The van der Waals surface area contributed by atoms with Gasteiger partial charge < -0.3 is 24.8 Å². The van der Waals surface area contributed by atoms with Crippen LogP contribution in [0.5, 0.6) is 17.2 Å². The number of carbonyl (C=O) groups is 1. The van der Waals surface area contributed by atoms with Crippen LogP contribution in [0, 0.1) is 0 Å². The number of hydrogen-bond donors (Lipinski definition) is 2. The minimum atomic E-state index is -0.615. The number of aryl methyl sites for hydroxylation is 1. The summed E-state index contributed by atoms with van der Waals surface area (Å²) in [6, 6.07) is 7.71. The third kappa shape index (κ3) is 4.87. The molecular formula is C20H19Cl2N5O5. The number of nitrogens with one attached hydrogen (secondary N) is 2. The van der Waals surface area contributed by atoms with Gasteiger partial charge >= 0.3 is 5.56 Å². The van der Waals surface area contributed by atoms with Crippen LogP contribution < -0.4 is 30.4 Å². The Balaban J connectivity index is 1.93. The number of amides is 1. The molecule has 0 bridgehead atoms. The average Bonchev–Trinajstić information content (AvgIpc) is 2.77. The number of nitrogens with zero attached hydrogens (tertiary/aromatic N) is 3. The van der Waals surface area contributed by atoms with Gasteiger partial charge in [0.05, 0.1) is 32.0 Å². The number of aromatic nitrogens is 3. The Morgan fingerprint density at radius 2 is 1.69 bits per heavy atom. The molecule has 1 amide bonds. The summed E-state index contributed by atoms with van der Waals surface area (Å²) >= 11 is 12.1. The van der Waals surface area contributed by atoms with E-state index in [2.05, 4.69) is 20.7 Å². The lowest BCUT2D eigenvalue weighted by Crippen LogP contribution is -2.28. The summed E-state index contributed by atoms with van der Waals surface area (Å²) in [6.45, 7) is 0. The molecule has 0 aliphatic rings. The number of carbonyl (C=O) groups excluding carboxylic acids is 1. The number of benzene rings is 2. The van der Waals surface area contributed by atoms with Gasteiger partial charge in [-0.25, -0.2) is 4.68 Å². The molecule has 0 radical (unpaired) electrons. The van der Waals surface area contributed by atoms with Crippen molar-refractivity contribution in [3.05, 3.63) is 56.3 Å². The van der Waals surface area contributed by atoms with Crippen LogP contribution in [0.15, 0.2) is 35.1 Å². The Bertz CT molecular complexity index is 1210. The van der Waals surface area contributed by atoms with E-state index in [1.165, 1.54) is 40.5 Å². The van der Waals surface area contributed by atoms with Crippen molar-refractivity contribution >= 4 is 46.6 Å². The molecule has 0 saturated carbocycles. The third-order valence-electron chi connectivity index (χ3n) is 4.30. The van der Waals surface area contributed by atoms with Gasteiger partial charge in [0.15, 0.2) is 11.5 Å². The van der Waals surface area contributed by atoms with Gasteiger partial charge in [0.2, 0.25) is 17.5 Å². The van der Waals surface area contributed by atoms with Crippen molar-refractivity contribution in [2.75, 3.05) is 32.0 Å². The fraction of sp³-hybridized carbons (Fsp3) is 0.200. The lowest BCUT2D eigenvalue weighted by molar-refractivity contribution is 0.102. The van der Waals surface area contributed by atoms with Gasteiger partial charge in [-0.1, -0.05) is 23.2 Å². The topological polar surface area (TPSA) is 117 Å². The van der Waals surface area contributed by atoms with Crippen molar-refractivity contribution in [2.45, 2.75) is 0 Å².